The van der Waals surface area contributed by atoms with Gasteiger partial charge in [0.1, 0.15) is 0 Å². The number of hydrogen-bond donors (Lipinski definition) is 1. The van der Waals surface area contributed by atoms with Crippen LogP contribution in [0.25, 0.3) is 0 Å². The van der Waals surface area contributed by atoms with Gasteiger partial charge in [-0.05, 0) is 68.7 Å². The first kappa shape index (κ1) is 14.8. The van der Waals surface area contributed by atoms with E-state index in [2.05, 4.69) is 18.7 Å². The van der Waals surface area contributed by atoms with E-state index in [1.54, 1.807) is 0 Å². The van der Waals surface area contributed by atoms with Crippen LogP contribution in [-0.4, -0.2) is 30.1 Å². The lowest BCUT2D eigenvalue weighted by atomic mass is 9.72. The van der Waals surface area contributed by atoms with Crippen LogP contribution in [0.1, 0.15) is 65.2 Å². The molecular formula is C18H34N2. The van der Waals surface area contributed by atoms with Crippen LogP contribution in [0.3, 0.4) is 0 Å². The number of nitrogens with zero attached hydrogens (tertiary/aromatic N) is 1. The summed E-state index contributed by atoms with van der Waals surface area (Å²) in [5.41, 5.74) is 6.51. The molecule has 1 heterocycles. The molecule has 3 fully saturated rings. The van der Waals surface area contributed by atoms with E-state index in [0.717, 1.165) is 29.7 Å². The van der Waals surface area contributed by atoms with E-state index < -0.39 is 0 Å². The van der Waals surface area contributed by atoms with Crippen molar-refractivity contribution in [1.82, 2.24) is 4.90 Å². The van der Waals surface area contributed by atoms with Crippen molar-refractivity contribution in [3.63, 3.8) is 0 Å². The van der Waals surface area contributed by atoms with Crippen LogP contribution < -0.4 is 5.73 Å². The molecular weight excluding hydrogens is 244 g/mol. The lowest BCUT2D eigenvalue weighted by Crippen LogP contribution is -2.48. The van der Waals surface area contributed by atoms with Crippen molar-refractivity contribution in [2.24, 2.45) is 29.4 Å². The molecule has 2 saturated carbocycles. The van der Waals surface area contributed by atoms with Crippen molar-refractivity contribution >= 4 is 0 Å². The molecule has 2 heteroatoms. The van der Waals surface area contributed by atoms with Crippen LogP contribution in [0.15, 0.2) is 0 Å². The van der Waals surface area contributed by atoms with E-state index in [4.69, 9.17) is 5.73 Å². The standard InChI is InChI=1S/C18H34N2/c1-13-10-14(2)16(17(19)11-13)12-20-9-5-8-18(20)15-6-3-4-7-15/h13-18H,3-12,19H2,1-2H3. The van der Waals surface area contributed by atoms with Crippen molar-refractivity contribution in [2.45, 2.75) is 77.3 Å². The minimum atomic E-state index is 0.443. The van der Waals surface area contributed by atoms with E-state index in [-0.39, 0.29) is 0 Å². The highest BCUT2D eigenvalue weighted by Crippen LogP contribution is 2.38. The first-order valence-electron chi connectivity index (χ1n) is 9.14. The van der Waals surface area contributed by atoms with Crippen molar-refractivity contribution in [3.05, 3.63) is 0 Å². The molecule has 0 spiro atoms. The molecule has 3 rings (SSSR count). The third kappa shape index (κ3) is 3.06. The van der Waals surface area contributed by atoms with E-state index in [1.807, 2.05) is 0 Å². The third-order valence-corrected chi connectivity index (χ3v) is 6.53. The summed E-state index contributed by atoms with van der Waals surface area (Å²) in [6.45, 7) is 7.45. The summed E-state index contributed by atoms with van der Waals surface area (Å²) in [5.74, 6) is 3.40. The van der Waals surface area contributed by atoms with Crippen LogP contribution in [-0.2, 0) is 0 Å². The van der Waals surface area contributed by atoms with E-state index >= 15 is 0 Å². The van der Waals surface area contributed by atoms with Crippen LogP contribution in [0, 0.1) is 23.7 Å². The smallest absolute Gasteiger partial charge is 0.0124 e. The lowest BCUT2D eigenvalue weighted by molar-refractivity contribution is 0.0948. The molecule has 2 nitrogen and oxygen atoms in total. The molecule has 1 saturated heterocycles. The molecule has 5 atom stereocenters. The van der Waals surface area contributed by atoms with Gasteiger partial charge in [0, 0.05) is 18.6 Å². The van der Waals surface area contributed by atoms with Crippen LogP contribution in [0.4, 0.5) is 0 Å². The highest BCUT2D eigenvalue weighted by atomic mass is 15.2. The molecule has 0 aromatic carbocycles. The van der Waals surface area contributed by atoms with Gasteiger partial charge in [-0.3, -0.25) is 4.90 Å². The fraction of sp³-hybridized carbons (Fsp3) is 1.00. The Labute approximate surface area is 125 Å². The molecule has 5 unspecified atom stereocenters. The zero-order valence-corrected chi connectivity index (χ0v) is 13.6. The minimum Gasteiger partial charge on any atom is -0.327 e. The molecule has 3 aliphatic rings. The summed E-state index contributed by atoms with van der Waals surface area (Å²) in [6, 6.07) is 1.34. The highest BCUT2D eigenvalue weighted by molar-refractivity contribution is 4.92. The van der Waals surface area contributed by atoms with Crippen molar-refractivity contribution < 1.29 is 0 Å². The van der Waals surface area contributed by atoms with Crippen molar-refractivity contribution in [1.29, 1.82) is 0 Å². The molecule has 2 N–H and O–H groups in total. The Kier molecular flexibility index (Phi) is 4.72. The Bertz CT molecular complexity index is 299. The second-order valence-corrected chi connectivity index (χ2v) is 8.13. The SMILES string of the molecule is CC1CC(C)C(CN2CCCC2C2CCCC2)C(N)C1. The molecule has 0 aromatic rings. The summed E-state index contributed by atoms with van der Waals surface area (Å²) in [6.07, 6.45) is 11.5. The number of hydrogen-bond acceptors (Lipinski definition) is 2. The zero-order valence-electron chi connectivity index (χ0n) is 13.6. The summed E-state index contributed by atoms with van der Waals surface area (Å²) in [4.78, 5) is 2.84. The fourth-order valence-corrected chi connectivity index (χ4v) is 5.51. The Hall–Kier alpha value is -0.0800. The normalized spacial score (nSPS) is 44.2. The maximum atomic E-state index is 6.51. The molecule has 1 aliphatic heterocycles. The molecule has 20 heavy (non-hydrogen) atoms. The van der Waals surface area contributed by atoms with Gasteiger partial charge in [0.2, 0.25) is 0 Å². The monoisotopic (exact) mass is 278 g/mol. The fourth-order valence-electron chi connectivity index (χ4n) is 5.51. The predicted molar refractivity (Wildman–Crippen MR) is 85.6 cm³/mol. The van der Waals surface area contributed by atoms with Gasteiger partial charge in [-0.25, -0.2) is 0 Å². The second-order valence-electron chi connectivity index (χ2n) is 8.13. The molecule has 0 aromatic heterocycles. The first-order chi connectivity index (χ1) is 9.65. The average molecular weight is 278 g/mol. The number of nitrogens with two attached hydrogens (primary N) is 1. The molecule has 0 radical (unpaired) electrons. The van der Waals surface area contributed by atoms with Gasteiger partial charge in [-0.15, -0.1) is 0 Å². The van der Waals surface area contributed by atoms with Crippen LogP contribution in [0.5, 0.6) is 0 Å². The lowest BCUT2D eigenvalue weighted by Gasteiger charge is -2.41. The van der Waals surface area contributed by atoms with Crippen molar-refractivity contribution in [3.8, 4) is 0 Å². The maximum Gasteiger partial charge on any atom is 0.0124 e. The first-order valence-corrected chi connectivity index (χ1v) is 9.14. The molecule has 2 aliphatic carbocycles. The summed E-state index contributed by atoms with van der Waals surface area (Å²) >= 11 is 0. The number of rotatable bonds is 3. The van der Waals surface area contributed by atoms with E-state index in [0.29, 0.717) is 6.04 Å². The van der Waals surface area contributed by atoms with Crippen LogP contribution >= 0.6 is 0 Å². The zero-order chi connectivity index (χ0) is 14.1. The highest BCUT2D eigenvalue weighted by Gasteiger charge is 2.38. The summed E-state index contributed by atoms with van der Waals surface area (Å²) in [5, 5.41) is 0. The second kappa shape index (κ2) is 6.36. The third-order valence-electron chi connectivity index (χ3n) is 6.53. The van der Waals surface area contributed by atoms with Gasteiger partial charge < -0.3 is 5.73 Å². The Morgan fingerprint density at radius 1 is 1.00 bits per heavy atom. The summed E-state index contributed by atoms with van der Waals surface area (Å²) in [7, 11) is 0. The Morgan fingerprint density at radius 3 is 2.45 bits per heavy atom. The topological polar surface area (TPSA) is 29.3 Å². The number of likely N-dealkylation sites (tertiary alicyclic amines) is 1. The van der Waals surface area contributed by atoms with Gasteiger partial charge in [-0.1, -0.05) is 26.7 Å². The van der Waals surface area contributed by atoms with E-state index in [1.165, 1.54) is 64.5 Å². The van der Waals surface area contributed by atoms with Gasteiger partial charge >= 0.3 is 0 Å². The molecule has 0 bridgehead atoms. The average Bonchev–Trinajstić information content (AvgIpc) is 3.04. The predicted octanol–water partition coefficient (Wildman–Crippen LogP) is 3.65. The minimum absolute atomic E-state index is 0.443. The van der Waals surface area contributed by atoms with Gasteiger partial charge in [0.25, 0.3) is 0 Å². The van der Waals surface area contributed by atoms with Gasteiger partial charge in [-0.2, -0.15) is 0 Å². The van der Waals surface area contributed by atoms with Gasteiger partial charge in [0.05, 0.1) is 0 Å². The Morgan fingerprint density at radius 2 is 1.75 bits per heavy atom. The maximum absolute atomic E-state index is 6.51. The largest absolute Gasteiger partial charge is 0.327 e. The van der Waals surface area contributed by atoms with E-state index in [9.17, 15) is 0 Å². The summed E-state index contributed by atoms with van der Waals surface area (Å²) < 4.78 is 0. The molecule has 116 valence electrons. The molecule has 0 amide bonds. The van der Waals surface area contributed by atoms with Crippen molar-refractivity contribution in [2.75, 3.05) is 13.1 Å². The Balaban J connectivity index is 1.60. The quantitative estimate of drug-likeness (QED) is 0.854. The van der Waals surface area contributed by atoms with Gasteiger partial charge in [0.15, 0.2) is 0 Å². The van der Waals surface area contributed by atoms with Crippen LogP contribution in [0.2, 0.25) is 0 Å².